The summed E-state index contributed by atoms with van der Waals surface area (Å²) in [6, 6.07) is 9.46. The largest absolute Gasteiger partial charge is 0.462 e. The Morgan fingerprint density at radius 2 is 1.40 bits per heavy atom. The minimum absolute atomic E-state index is 0.216. The summed E-state index contributed by atoms with van der Waals surface area (Å²) in [7, 11) is 0. The lowest BCUT2D eigenvalue weighted by atomic mass is 10.2. The molecule has 2 aromatic rings. The number of carbonyl (C=O) groups excluding carboxylic acids is 2. The van der Waals surface area contributed by atoms with Crippen LogP contribution in [0.25, 0.3) is 0 Å². The van der Waals surface area contributed by atoms with E-state index in [0.717, 1.165) is 24.3 Å². The summed E-state index contributed by atoms with van der Waals surface area (Å²) < 4.78 is 42.3. The van der Waals surface area contributed by atoms with Gasteiger partial charge in [0.15, 0.2) is 0 Å². The van der Waals surface area contributed by atoms with Gasteiger partial charge in [0, 0.05) is 11.4 Å². The fourth-order valence-electron chi connectivity index (χ4n) is 1.94. The van der Waals surface area contributed by atoms with Gasteiger partial charge in [0.2, 0.25) is 0 Å². The number of nitrogens with one attached hydrogen (secondary N) is 2. The summed E-state index contributed by atoms with van der Waals surface area (Å²) in [5.74, 6) is -0.469. The highest BCUT2D eigenvalue weighted by molar-refractivity contribution is 6.00. The number of carbonyl (C=O) groups is 2. The lowest BCUT2D eigenvalue weighted by Gasteiger charge is -2.10. The smallest absolute Gasteiger partial charge is 0.416 e. The summed E-state index contributed by atoms with van der Waals surface area (Å²) in [5, 5.41) is 4.93. The second-order valence-electron chi connectivity index (χ2n) is 4.95. The Morgan fingerprint density at radius 1 is 0.920 bits per heavy atom. The minimum atomic E-state index is -4.43. The van der Waals surface area contributed by atoms with Crippen LogP contribution in [0.1, 0.15) is 22.8 Å². The van der Waals surface area contributed by atoms with E-state index in [1.54, 1.807) is 6.92 Å². The molecule has 2 amide bonds. The molecule has 0 aromatic heterocycles. The van der Waals surface area contributed by atoms with E-state index in [1.165, 1.54) is 24.3 Å². The second-order valence-corrected chi connectivity index (χ2v) is 4.95. The first kappa shape index (κ1) is 18.3. The van der Waals surface area contributed by atoms with Crippen LogP contribution in [0.5, 0.6) is 0 Å². The number of alkyl halides is 3. The monoisotopic (exact) mass is 352 g/mol. The van der Waals surface area contributed by atoms with Crippen LogP contribution in [0.15, 0.2) is 48.5 Å². The number of anilines is 2. The lowest BCUT2D eigenvalue weighted by Crippen LogP contribution is -2.19. The van der Waals surface area contributed by atoms with E-state index in [0.29, 0.717) is 11.3 Å². The van der Waals surface area contributed by atoms with Crippen molar-refractivity contribution in [1.82, 2.24) is 0 Å². The fourth-order valence-corrected chi connectivity index (χ4v) is 1.94. The Hall–Kier alpha value is -3.03. The molecule has 0 atom stereocenters. The van der Waals surface area contributed by atoms with Gasteiger partial charge in [-0.2, -0.15) is 13.2 Å². The van der Waals surface area contributed by atoms with Crippen LogP contribution in [-0.4, -0.2) is 18.6 Å². The molecule has 132 valence electrons. The van der Waals surface area contributed by atoms with Gasteiger partial charge in [0.05, 0.1) is 17.7 Å². The zero-order valence-corrected chi connectivity index (χ0v) is 13.2. The summed E-state index contributed by atoms with van der Waals surface area (Å²) in [6.07, 6.45) is -4.43. The Labute approximate surface area is 141 Å². The number of ether oxygens (including phenoxy) is 1. The highest BCUT2D eigenvalue weighted by Crippen LogP contribution is 2.29. The van der Waals surface area contributed by atoms with E-state index < -0.39 is 23.7 Å². The van der Waals surface area contributed by atoms with Gasteiger partial charge in [-0.25, -0.2) is 9.59 Å². The number of halogens is 3. The third-order valence-electron chi connectivity index (χ3n) is 3.12. The van der Waals surface area contributed by atoms with Gasteiger partial charge < -0.3 is 15.4 Å². The molecule has 0 aliphatic carbocycles. The molecule has 0 saturated heterocycles. The molecule has 0 heterocycles. The third-order valence-corrected chi connectivity index (χ3v) is 3.12. The molecule has 2 N–H and O–H groups in total. The first-order valence-electron chi connectivity index (χ1n) is 7.32. The summed E-state index contributed by atoms with van der Waals surface area (Å²) in [6.45, 7) is 1.95. The topological polar surface area (TPSA) is 67.4 Å². The van der Waals surface area contributed by atoms with Crippen LogP contribution in [0.4, 0.5) is 29.3 Å². The van der Waals surface area contributed by atoms with Gasteiger partial charge in [-0.3, -0.25) is 0 Å². The van der Waals surface area contributed by atoms with Crippen molar-refractivity contribution >= 4 is 23.4 Å². The summed E-state index contributed by atoms with van der Waals surface area (Å²) in [5.41, 5.74) is 0.176. The minimum Gasteiger partial charge on any atom is -0.462 e. The third kappa shape index (κ3) is 5.23. The first-order chi connectivity index (χ1) is 11.8. The van der Waals surface area contributed by atoms with Crippen molar-refractivity contribution < 1.29 is 27.5 Å². The zero-order valence-electron chi connectivity index (χ0n) is 13.2. The van der Waals surface area contributed by atoms with Crippen LogP contribution in [0, 0.1) is 0 Å². The molecule has 0 radical (unpaired) electrons. The van der Waals surface area contributed by atoms with Gasteiger partial charge in [-0.05, 0) is 55.5 Å². The number of urea groups is 1. The van der Waals surface area contributed by atoms with Crippen molar-refractivity contribution in [2.24, 2.45) is 0 Å². The van der Waals surface area contributed by atoms with Crippen LogP contribution >= 0.6 is 0 Å². The van der Waals surface area contributed by atoms with E-state index >= 15 is 0 Å². The van der Waals surface area contributed by atoms with Gasteiger partial charge in [0.1, 0.15) is 0 Å². The number of esters is 1. The highest BCUT2D eigenvalue weighted by Gasteiger charge is 2.29. The van der Waals surface area contributed by atoms with E-state index in [4.69, 9.17) is 4.74 Å². The SMILES string of the molecule is CCOC(=O)c1ccc(NC(=O)Nc2ccc(C(F)(F)F)cc2)cc1. The van der Waals surface area contributed by atoms with Crippen LogP contribution in [-0.2, 0) is 10.9 Å². The number of hydrogen-bond donors (Lipinski definition) is 2. The zero-order chi connectivity index (χ0) is 18.4. The molecule has 0 aliphatic heterocycles. The van der Waals surface area contributed by atoms with Crippen molar-refractivity contribution in [2.45, 2.75) is 13.1 Å². The molecule has 0 unspecified atom stereocenters. The van der Waals surface area contributed by atoms with Crippen molar-refractivity contribution in [3.05, 3.63) is 59.7 Å². The summed E-state index contributed by atoms with van der Waals surface area (Å²) in [4.78, 5) is 23.4. The molecule has 0 fully saturated rings. The fraction of sp³-hybridized carbons (Fsp3) is 0.176. The average molecular weight is 352 g/mol. The molecular weight excluding hydrogens is 337 g/mol. The van der Waals surface area contributed by atoms with E-state index in [2.05, 4.69) is 10.6 Å². The molecular formula is C17H15F3N2O3. The number of rotatable bonds is 4. The van der Waals surface area contributed by atoms with Crippen molar-refractivity contribution in [2.75, 3.05) is 17.2 Å². The van der Waals surface area contributed by atoms with Gasteiger partial charge >= 0.3 is 18.2 Å². The van der Waals surface area contributed by atoms with Crippen molar-refractivity contribution in [3.63, 3.8) is 0 Å². The second kappa shape index (κ2) is 7.69. The Bertz CT molecular complexity index is 741. The molecule has 0 aliphatic rings. The predicted octanol–water partition coefficient (Wildman–Crippen LogP) is 4.53. The normalized spacial score (nSPS) is 10.9. The van der Waals surface area contributed by atoms with Gasteiger partial charge in [-0.15, -0.1) is 0 Å². The molecule has 5 nitrogen and oxygen atoms in total. The van der Waals surface area contributed by atoms with Crippen molar-refractivity contribution in [3.8, 4) is 0 Å². The summed E-state index contributed by atoms with van der Waals surface area (Å²) >= 11 is 0. The maximum atomic E-state index is 12.5. The van der Waals surface area contributed by atoms with Crippen LogP contribution in [0.3, 0.4) is 0 Å². The number of hydrogen-bond acceptors (Lipinski definition) is 3. The van der Waals surface area contributed by atoms with Gasteiger partial charge in [-0.1, -0.05) is 0 Å². The lowest BCUT2D eigenvalue weighted by molar-refractivity contribution is -0.137. The number of amides is 2. The van der Waals surface area contributed by atoms with E-state index in [9.17, 15) is 22.8 Å². The molecule has 0 bridgehead atoms. The maximum Gasteiger partial charge on any atom is 0.416 e. The van der Waals surface area contributed by atoms with E-state index in [1.807, 2.05) is 0 Å². The Kier molecular flexibility index (Phi) is 5.63. The number of benzene rings is 2. The average Bonchev–Trinajstić information content (AvgIpc) is 2.55. The van der Waals surface area contributed by atoms with E-state index in [-0.39, 0.29) is 12.3 Å². The molecule has 0 saturated carbocycles. The molecule has 25 heavy (non-hydrogen) atoms. The molecule has 2 rings (SSSR count). The van der Waals surface area contributed by atoms with Crippen LogP contribution < -0.4 is 10.6 Å². The standard InChI is InChI=1S/C17H15F3N2O3/c1-2-25-15(23)11-3-7-13(8-4-11)21-16(24)22-14-9-5-12(6-10-14)17(18,19)20/h3-10H,2H2,1H3,(H2,21,22,24). The maximum absolute atomic E-state index is 12.5. The molecule has 8 heteroatoms. The first-order valence-corrected chi connectivity index (χ1v) is 7.32. The Balaban J connectivity index is 1.95. The van der Waals surface area contributed by atoms with Crippen LogP contribution in [0.2, 0.25) is 0 Å². The Morgan fingerprint density at radius 3 is 1.84 bits per heavy atom. The van der Waals surface area contributed by atoms with Crippen molar-refractivity contribution in [1.29, 1.82) is 0 Å². The highest BCUT2D eigenvalue weighted by atomic mass is 19.4. The quantitative estimate of drug-likeness (QED) is 0.795. The molecule has 2 aromatic carbocycles. The van der Waals surface area contributed by atoms with Gasteiger partial charge in [0.25, 0.3) is 0 Å². The predicted molar refractivity (Wildman–Crippen MR) is 86.5 cm³/mol. The molecule has 0 spiro atoms.